The molecule has 9 heteroatoms. The van der Waals surface area contributed by atoms with E-state index in [-0.39, 0.29) is 23.8 Å². The third-order valence-electron chi connectivity index (χ3n) is 6.05. The molecule has 2 aliphatic rings. The van der Waals surface area contributed by atoms with Crippen molar-refractivity contribution < 1.29 is 29.0 Å². The number of carbonyl (C=O) groups is 3. The van der Waals surface area contributed by atoms with Crippen molar-refractivity contribution in [3.05, 3.63) is 29.8 Å². The fourth-order valence-electron chi connectivity index (χ4n) is 4.29. The number of alkyl carbamates (subject to hydrolysis) is 1. The van der Waals surface area contributed by atoms with Crippen molar-refractivity contribution in [2.45, 2.75) is 83.1 Å². The zero-order valence-electron chi connectivity index (χ0n) is 20.3. The first-order chi connectivity index (χ1) is 16.1. The van der Waals surface area contributed by atoms with Gasteiger partial charge in [0.25, 0.3) is 0 Å². The molecule has 2 fully saturated rings. The van der Waals surface area contributed by atoms with Crippen LogP contribution in [-0.2, 0) is 14.3 Å². The summed E-state index contributed by atoms with van der Waals surface area (Å²) in [6.45, 7) is 7.37. The van der Waals surface area contributed by atoms with Crippen LogP contribution in [0.1, 0.15) is 70.8 Å². The number of ether oxygens (including phenoxy) is 2. The van der Waals surface area contributed by atoms with Gasteiger partial charge in [-0.15, -0.1) is 0 Å². The van der Waals surface area contributed by atoms with Gasteiger partial charge in [-0.05, 0) is 70.6 Å². The van der Waals surface area contributed by atoms with E-state index in [4.69, 9.17) is 9.47 Å². The van der Waals surface area contributed by atoms with E-state index in [2.05, 4.69) is 10.6 Å². The molecular formula is C25H37N3O6. The van der Waals surface area contributed by atoms with E-state index >= 15 is 0 Å². The molecule has 2 unspecified atom stereocenters. The largest absolute Gasteiger partial charge is 0.494 e. The quantitative estimate of drug-likeness (QED) is 0.391. The number of benzene rings is 1. The van der Waals surface area contributed by atoms with Gasteiger partial charge in [0.05, 0.1) is 12.5 Å². The molecule has 2 atom stereocenters. The minimum atomic E-state index is -0.555. The van der Waals surface area contributed by atoms with Gasteiger partial charge in [-0.2, -0.15) is 0 Å². The molecule has 0 bridgehead atoms. The zero-order chi connectivity index (χ0) is 24.7. The van der Waals surface area contributed by atoms with Crippen LogP contribution in [-0.4, -0.2) is 65.5 Å². The average molecular weight is 476 g/mol. The standard InChI is InChI=1S/C25H37N3O6/c1-25(2,3)34-24(32)26-18-11-13-28(14-12-18)22(30)8-5-15-33-19-7-4-6-17(16-19)20-9-10-21(29)27-23(20)31/h4,6-7,16,18,20,22,30H,5,8-15H2,1-3H3,(H,26,32)(H,27,29,31). The number of likely N-dealkylation sites (tertiary alicyclic amines) is 1. The van der Waals surface area contributed by atoms with Crippen LogP contribution in [0.5, 0.6) is 5.75 Å². The SMILES string of the molecule is CC(C)(C)OC(=O)NC1CCN(C(O)CCCOc2cccc(C3CCC(=O)NC3=O)c2)CC1. The van der Waals surface area contributed by atoms with Crippen molar-refractivity contribution in [1.29, 1.82) is 0 Å². The van der Waals surface area contributed by atoms with Crippen molar-refractivity contribution in [1.82, 2.24) is 15.5 Å². The number of rotatable bonds is 8. The van der Waals surface area contributed by atoms with E-state index in [0.29, 0.717) is 51.1 Å². The third kappa shape index (κ3) is 7.99. The molecule has 0 aliphatic carbocycles. The third-order valence-corrected chi connectivity index (χ3v) is 6.05. The summed E-state index contributed by atoms with van der Waals surface area (Å²) in [6, 6.07) is 7.46. The Kier molecular flexibility index (Phi) is 8.90. The summed E-state index contributed by atoms with van der Waals surface area (Å²) >= 11 is 0. The van der Waals surface area contributed by atoms with Crippen LogP contribution in [0, 0.1) is 0 Å². The fourth-order valence-corrected chi connectivity index (χ4v) is 4.29. The van der Waals surface area contributed by atoms with Crippen LogP contribution in [0.25, 0.3) is 0 Å². The molecule has 3 amide bonds. The van der Waals surface area contributed by atoms with Gasteiger partial charge in [-0.3, -0.25) is 19.8 Å². The molecule has 0 spiro atoms. The highest BCUT2D eigenvalue weighted by molar-refractivity contribution is 6.00. The lowest BCUT2D eigenvalue weighted by molar-refractivity contribution is -0.134. The zero-order valence-corrected chi connectivity index (χ0v) is 20.3. The molecule has 0 saturated carbocycles. The van der Waals surface area contributed by atoms with E-state index < -0.39 is 17.9 Å². The van der Waals surface area contributed by atoms with Crippen LogP contribution in [0.2, 0.25) is 0 Å². The smallest absolute Gasteiger partial charge is 0.407 e. The first-order valence-electron chi connectivity index (χ1n) is 12.1. The van der Waals surface area contributed by atoms with Crippen LogP contribution in [0.15, 0.2) is 24.3 Å². The topological polar surface area (TPSA) is 117 Å². The lowest BCUT2D eigenvalue weighted by atomic mass is 9.90. The van der Waals surface area contributed by atoms with E-state index in [1.807, 2.05) is 49.9 Å². The van der Waals surface area contributed by atoms with Crippen molar-refractivity contribution in [2.24, 2.45) is 0 Å². The molecule has 0 radical (unpaired) electrons. The minimum Gasteiger partial charge on any atom is -0.494 e. The first kappa shape index (κ1) is 26.0. The predicted octanol–water partition coefficient (Wildman–Crippen LogP) is 2.67. The van der Waals surface area contributed by atoms with E-state index in [0.717, 1.165) is 18.4 Å². The summed E-state index contributed by atoms with van der Waals surface area (Å²) in [5.74, 6) is -0.154. The Morgan fingerprint density at radius 3 is 2.65 bits per heavy atom. The van der Waals surface area contributed by atoms with Crippen LogP contribution < -0.4 is 15.4 Å². The Morgan fingerprint density at radius 1 is 1.24 bits per heavy atom. The van der Waals surface area contributed by atoms with Crippen molar-refractivity contribution in [3.63, 3.8) is 0 Å². The second kappa shape index (κ2) is 11.7. The maximum Gasteiger partial charge on any atom is 0.407 e. The van der Waals surface area contributed by atoms with Gasteiger partial charge < -0.3 is 19.9 Å². The second-order valence-corrected chi connectivity index (χ2v) is 10.0. The van der Waals surface area contributed by atoms with Crippen molar-refractivity contribution in [2.75, 3.05) is 19.7 Å². The number of hydrogen-bond acceptors (Lipinski definition) is 7. The maximum atomic E-state index is 12.1. The summed E-state index contributed by atoms with van der Waals surface area (Å²) in [7, 11) is 0. The van der Waals surface area contributed by atoms with Gasteiger partial charge in [-0.25, -0.2) is 4.79 Å². The predicted molar refractivity (Wildman–Crippen MR) is 126 cm³/mol. The van der Waals surface area contributed by atoms with Crippen molar-refractivity contribution in [3.8, 4) is 5.75 Å². The first-order valence-corrected chi connectivity index (χ1v) is 12.1. The molecule has 3 N–H and O–H groups in total. The van der Waals surface area contributed by atoms with E-state index in [9.17, 15) is 19.5 Å². The van der Waals surface area contributed by atoms with Crippen LogP contribution in [0.3, 0.4) is 0 Å². The number of amides is 3. The molecule has 1 aromatic rings. The monoisotopic (exact) mass is 475 g/mol. The number of carbonyl (C=O) groups excluding carboxylic acids is 3. The number of nitrogens with zero attached hydrogens (tertiary/aromatic N) is 1. The van der Waals surface area contributed by atoms with Gasteiger partial charge in [-0.1, -0.05) is 12.1 Å². The van der Waals surface area contributed by atoms with Crippen LogP contribution in [0.4, 0.5) is 4.79 Å². The molecule has 2 heterocycles. The summed E-state index contributed by atoms with van der Waals surface area (Å²) in [5, 5.41) is 15.8. The summed E-state index contributed by atoms with van der Waals surface area (Å²) in [6.07, 6.45) is 2.68. The molecule has 0 aromatic heterocycles. The summed E-state index contributed by atoms with van der Waals surface area (Å²) in [5.41, 5.74) is 0.320. The highest BCUT2D eigenvalue weighted by atomic mass is 16.6. The lowest BCUT2D eigenvalue weighted by Crippen LogP contribution is -2.48. The molecular weight excluding hydrogens is 438 g/mol. The molecule has 9 nitrogen and oxygen atoms in total. The van der Waals surface area contributed by atoms with E-state index in [1.165, 1.54) is 0 Å². The maximum absolute atomic E-state index is 12.1. The van der Waals surface area contributed by atoms with Gasteiger partial charge in [0.1, 0.15) is 17.6 Å². The van der Waals surface area contributed by atoms with Gasteiger partial charge in [0.15, 0.2) is 0 Å². The normalized spacial score (nSPS) is 21.0. The molecule has 188 valence electrons. The van der Waals surface area contributed by atoms with Crippen molar-refractivity contribution >= 4 is 17.9 Å². The minimum absolute atomic E-state index is 0.0540. The Balaban J connectivity index is 1.35. The number of nitrogens with one attached hydrogen (secondary N) is 2. The molecule has 2 aliphatic heterocycles. The molecule has 2 saturated heterocycles. The fraction of sp³-hybridized carbons (Fsp3) is 0.640. The van der Waals surface area contributed by atoms with Gasteiger partial charge in [0, 0.05) is 25.6 Å². The molecule has 34 heavy (non-hydrogen) atoms. The summed E-state index contributed by atoms with van der Waals surface area (Å²) < 4.78 is 11.2. The Hall–Kier alpha value is -2.65. The average Bonchev–Trinajstić information content (AvgIpc) is 2.76. The van der Waals surface area contributed by atoms with Gasteiger partial charge in [0.2, 0.25) is 11.8 Å². The summed E-state index contributed by atoms with van der Waals surface area (Å²) in [4.78, 5) is 37.4. The van der Waals surface area contributed by atoms with E-state index in [1.54, 1.807) is 0 Å². The number of aliphatic hydroxyl groups is 1. The highest BCUT2D eigenvalue weighted by Crippen LogP contribution is 2.27. The highest BCUT2D eigenvalue weighted by Gasteiger charge is 2.28. The second-order valence-electron chi connectivity index (χ2n) is 10.0. The number of aliphatic hydroxyl groups excluding tert-OH is 1. The molecule has 3 rings (SSSR count). The molecule has 1 aromatic carbocycles. The Morgan fingerprint density at radius 2 is 1.97 bits per heavy atom. The Bertz CT molecular complexity index is 860. The van der Waals surface area contributed by atoms with Gasteiger partial charge >= 0.3 is 6.09 Å². The number of imide groups is 1. The van der Waals surface area contributed by atoms with Crippen LogP contribution >= 0.6 is 0 Å². The number of hydrogen-bond donors (Lipinski definition) is 3. The Labute approximate surface area is 201 Å². The lowest BCUT2D eigenvalue weighted by Gasteiger charge is -2.35. The number of piperidine rings is 2.